The Morgan fingerprint density at radius 2 is 2.32 bits per heavy atom. The minimum absolute atomic E-state index is 0.0280. The van der Waals surface area contributed by atoms with Crippen LogP contribution in [0, 0.1) is 6.92 Å². The summed E-state index contributed by atoms with van der Waals surface area (Å²) in [5.41, 5.74) is 3.04. The molecule has 19 heavy (non-hydrogen) atoms. The van der Waals surface area contributed by atoms with Gasteiger partial charge in [0, 0.05) is 19.2 Å². The minimum Gasteiger partial charge on any atom is -0.336 e. The maximum absolute atomic E-state index is 11.0. The summed E-state index contributed by atoms with van der Waals surface area (Å²) in [6, 6.07) is 3.90. The summed E-state index contributed by atoms with van der Waals surface area (Å²) < 4.78 is 1.78. The predicted octanol–water partition coefficient (Wildman–Crippen LogP) is 1.05. The van der Waals surface area contributed by atoms with Gasteiger partial charge < -0.3 is 4.90 Å². The van der Waals surface area contributed by atoms with E-state index in [-0.39, 0.29) is 6.04 Å². The molecule has 0 spiro atoms. The molecule has 3 heterocycles. The van der Waals surface area contributed by atoms with E-state index in [1.807, 2.05) is 26.0 Å². The molecule has 0 radical (unpaired) electrons. The van der Waals surface area contributed by atoms with Crippen LogP contribution in [0.5, 0.6) is 0 Å². The van der Waals surface area contributed by atoms with Gasteiger partial charge in [0.2, 0.25) is 6.41 Å². The molecule has 0 N–H and O–H groups in total. The summed E-state index contributed by atoms with van der Waals surface area (Å²) in [6.45, 7) is 4.68. The first-order chi connectivity index (χ1) is 9.20. The van der Waals surface area contributed by atoms with Crippen LogP contribution in [-0.4, -0.2) is 37.8 Å². The fourth-order valence-corrected chi connectivity index (χ4v) is 2.42. The Bertz CT molecular complexity index is 621. The molecule has 0 aliphatic carbocycles. The lowest BCUT2D eigenvalue weighted by atomic mass is 10.1. The van der Waals surface area contributed by atoms with Gasteiger partial charge >= 0.3 is 0 Å². The van der Waals surface area contributed by atoms with Gasteiger partial charge in [0.05, 0.1) is 11.7 Å². The Labute approximate surface area is 111 Å². The van der Waals surface area contributed by atoms with Crippen LogP contribution < -0.4 is 0 Å². The van der Waals surface area contributed by atoms with Gasteiger partial charge in [0.25, 0.3) is 0 Å². The number of pyridine rings is 1. The van der Waals surface area contributed by atoms with Gasteiger partial charge in [-0.05, 0) is 31.5 Å². The van der Waals surface area contributed by atoms with E-state index in [0.29, 0.717) is 6.54 Å². The van der Waals surface area contributed by atoms with Crippen LogP contribution in [0.3, 0.4) is 0 Å². The number of aromatic nitrogens is 4. The van der Waals surface area contributed by atoms with E-state index in [1.165, 1.54) is 0 Å². The van der Waals surface area contributed by atoms with Gasteiger partial charge in [-0.25, -0.2) is 4.98 Å². The monoisotopic (exact) mass is 257 g/mol. The maximum Gasteiger partial charge on any atom is 0.210 e. The van der Waals surface area contributed by atoms with Crippen LogP contribution in [0.2, 0.25) is 0 Å². The van der Waals surface area contributed by atoms with Crippen molar-refractivity contribution in [1.82, 2.24) is 24.9 Å². The van der Waals surface area contributed by atoms with Crippen molar-refractivity contribution in [2.75, 3.05) is 6.54 Å². The molecule has 0 fully saturated rings. The van der Waals surface area contributed by atoms with Crippen molar-refractivity contribution in [3.05, 3.63) is 35.3 Å². The lowest BCUT2D eigenvalue weighted by molar-refractivity contribution is -0.120. The molecule has 0 saturated heterocycles. The van der Waals surface area contributed by atoms with Crippen LogP contribution in [0.25, 0.3) is 5.82 Å². The van der Waals surface area contributed by atoms with Crippen molar-refractivity contribution in [2.45, 2.75) is 26.3 Å². The number of nitrogens with zero attached hydrogens (tertiary/aromatic N) is 5. The second kappa shape index (κ2) is 4.46. The summed E-state index contributed by atoms with van der Waals surface area (Å²) >= 11 is 0. The number of carbonyl (C=O) groups excluding carboxylic acids is 1. The fourth-order valence-electron chi connectivity index (χ4n) is 2.42. The van der Waals surface area contributed by atoms with Gasteiger partial charge in [0.15, 0.2) is 5.82 Å². The third-order valence-corrected chi connectivity index (χ3v) is 3.55. The third-order valence-electron chi connectivity index (χ3n) is 3.55. The molecule has 0 aromatic carbocycles. The molecule has 6 nitrogen and oxygen atoms in total. The van der Waals surface area contributed by atoms with Crippen LogP contribution in [0.4, 0.5) is 0 Å². The van der Waals surface area contributed by atoms with Gasteiger partial charge in [-0.1, -0.05) is 5.21 Å². The number of rotatable bonds is 2. The van der Waals surface area contributed by atoms with Crippen molar-refractivity contribution in [2.24, 2.45) is 0 Å². The first-order valence-electron chi connectivity index (χ1n) is 6.29. The highest BCUT2D eigenvalue weighted by Gasteiger charge is 2.28. The second-order valence-corrected chi connectivity index (χ2v) is 4.79. The van der Waals surface area contributed by atoms with E-state index >= 15 is 0 Å². The van der Waals surface area contributed by atoms with E-state index in [2.05, 4.69) is 15.3 Å². The highest BCUT2D eigenvalue weighted by atomic mass is 16.1. The first-order valence-corrected chi connectivity index (χ1v) is 6.29. The Balaban J connectivity index is 2.05. The minimum atomic E-state index is -0.0280. The smallest absolute Gasteiger partial charge is 0.210 e. The Hall–Kier alpha value is -2.24. The van der Waals surface area contributed by atoms with E-state index in [1.54, 1.807) is 15.8 Å². The Kier molecular flexibility index (Phi) is 2.77. The molecule has 1 amide bonds. The van der Waals surface area contributed by atoms with E-state index in [9.17, 15) is 4.79 Å². The molecular formula is C13H15N5O. The first kappa shape index (κ1) is 11.8. The Morgan fingerprint density at radius 3 is 3.05 bits per heavy atom. The zero-order chi connectivity index (χ0) is 13.4. The molecule has 0 saturated carbocycles. The molecule has 1 unspecified atom stereocenters. The standard InChI is InChI=1S/C13H15N5O/c1-9-3-5-14-12(7-9)18-11-4-6-17(8-19)10(2)13(11)15-16-18/h3,5,7-8,10H,4,6H2,1-2H3. The van der Waals surface area contributed by atoms with Crippen molar-refractivity contribution < 1.29 is 4.79 Å². The van der Waals surface area contributed by atoms with Crippen LogP contribution in [-0.2, 0) is 11.2 Å². The molecule has 98 valence electrons. The van der Waals surface area contributed by atoms with Gasteiger partial charge in [-0.3, -0.25) is 4.79 Å². The second-order valence-electron chi connectivity index (χ2n) is 4.79. The highest BCUT2D eigenvalue weighted by Crippen LogP contribution is 2.27. The van der Waals surface area contributed by atoms with Crippen molar-refractivity contribution >= 4 is 6.41 Å². The van der Waals surface area contributed by atoms with Crippen LogP contribution in [0.1, 0.15) is 29.9 Å². The lowest BCUT2D eigenvalue weighted by Gasteiger charge is -2.28. The largest absolute Gasteiger partial charge is 0.336 e. The van der Waals surface area contributed by atoms with E-state index in [0.717, 1.165) is 35.6 Å². The molecule has 1 atom stereocenters. The molecule has 2 aromatic rings. The molecule has 0 bridgehead atoms. The zero-order valence-electron chi connectivity index (χ0n) is 10.9. The average molecular weight is 257 g/mol. The summed E-state index contributed by atoms with van der Waals surface area (Å²) in [4.78, 5) is 17.0. The molecule has 6 heteroatoms. The number of carbonyl (C=O) groups is 1. The summed E-state index contributed by atoms with van der Waals surface area (Å²) in [5.74, 6) is 0.778. The number of hydrogen-bond donors (Lipinski definition) is 0. The maximum atomic E-state index is 11.0. The number of fused-ring (bicyclic) bond motifs is 1. The molecule has 1 aliphatic heterocycles. The Morgan fingerprint density at radius 1 is 1.47 bits per heavy atom. The molecule has 3 rings (SSSR count). The van der Waals surface area contributed by atoms with Crippen molar-refractivity contribution in [3.63, 3.8) is 0 Å². The SMILES string of the molecule is Cc1ccnc(-n2nnc3c2CCN(C=O)C3C)c1. The van der Waals surface area contributed by atoms with Crippen molar-refractivity contribution in [1.29, 1.82) is 0 Å². The number of amides is 1. The summed E-state index contributed by atoms with van der Waals surface area (Å²) in [7, 11) is 0. The topological polar surface area (TPSA) is 63.9 Å². The predicted molar refractivity (Wildman–Crippen MR) is 68.8 cm³/mol. The van der Waals surface area contributed by atoms with Crippen LogP contribution in [0.15, 0.2) is 18.3 Å². The van der Waals surface area contributed by atoms with E-state index < -0.39 is 0 Å². The average Bonchev–Trinajstić information content (AvgIpc) is 2.84. The van der Waals surface area contributed by atoms with Gasteiger partial charge in [0.1, 0.15) is 5.69 Å². The zero-order valence-corrected chi connectivity index (χ0v) is 10.9. The van der Waals surface area contributed by atoms with E-state index in [4.69, 9.17) is 0 Å². The number of hydrogen-bond acceptors (Lipinski definition) is 4. The molecular weight excluding hydrogens is 242 g/mol. The normalized spacial score (nSPS) is 18.2. The molecule has 2 aromatic heterocycles. The summed E-state index contributed by atoms with van der Waals surface area (Å²) in [5, 5.41) is 8.40. The van der Waals surface area contributed by atoms with Gasteiger partial charge in [-0.2, -0.15) is 4.68 Å². The fraction of sp³-hybridized carbons (Fsp3) is 0.385. The lowest BCUT2D eigenvalue weighted by Crippen LogP contribution is -2.33. The summed E-state index contributed by atoms with van der Waals surface area (Å²) in [6.07, 6.45) is 3.39. The highest BCUT2D eigenvalue weighted by molar-refractivity contribution is 5.49. The third kappa shape index (κ3) is 1.89. The van der Waals surface area contributed by atoms with Crippen molar-refractivity contribution in [3.8, 4) is 5.82 Å². The molecule has 1 aliphatic rings. The quantitative estimate of drug-likeness (QED) is 0.754. The van der Waals surface area contributed by atoms with Gasteiger partial charge in [-0.15, -0.1) is 5.10 Å². The van der Waals surface area contributed by atoms with Crippen LogP contribution >= 0.6 is 0 Å². The number of aryl methyl sites for hydroxylation is 1.